The molecule has 0 unspecified atom stereocenters. The Balaban J connectivity index is 2.65. The molecule has 1 heterocycles. The van der Waals surface area contributed by atoms with Gasteiger partial charge in [0, 0.05) is 6.20 Å². The summed E-state index contributed by atoms with van der Waals surface area (Å²) in [5.74, 6) is -1.04. The van der Waals surface area contributed by atoms with Gasteiger partial charge in [-0.2, -0.15) is 0 Å². The molecule has 0 aliphatic carbocycles. The average Bonchev–Trinajstić information content (AvgIpc) is 2.50. The molecule has 1 rings (SSSR count). The Kier molecular flexibility index (Phi) is 3.21. The van der Waals surface area contributed by atoms with Crippen LogP contribution < -0.4 is 4.74 Å². The molecule has 0 saturated heterocycles. The van der Waals surface area contributed by atoms with Gasteiger partial charge < -0.3 is 14.9 Å². The third-order valence-electron chi connectivity index (χ3n) is 1.37. The van der Waals surface area contributed by atoms with E-state index < -0.39 is 12.1 Å². The second kappa shape index (κ2) is 4.20. The van der Waals surface area contributed by atoms with Crippen molar-refractivity contribution in [1.29, 1.82) is 0 Å². The minimum Gasteiger partial charge on any atom is -0.481 e. The van der Waals surface area contributed by atoms with Crippen molar-refractivity contribution in [2.75, 3.05) is 7.11 Å². The number of aliphatic carboxylic acids is 1. The quantitative estimate of drug-likeness (QED) is 0.751. The van der Waals surface area contributed by atoms with Gasteiger partial charge in [0.15, 0.2) is 0 Å². The number of hydrogen-bond acceptors (Lipinski definition) is 5. The fourth-order valence-corrected chi connectivity index (χ4v) is 1.50. The maximum atomic E-state index is 10.3. The Bertz CT molecular complexity index is 298. The lowest BCUT2D eigenvalue weighted by Gasteiger charge is -2.02. The van der Waals surface area contributed by atoms with Crippen LogP contribution in [0.1, 0.15) is 17.4 Å². The van der Waals surface area contributed by atoms with Crippen LogP contribution in [0.5, 0.6) is 5.19 Å². The number of carboxylic acids is 1. The predicted molar refractivity (Wildman–Crippen MR) is 45.9 cm³/mol. The van der Waals surface area contributed by atoms with E-state index in [0.717, 1.165) is 11.3 Å². The molecule has 72 valence electrons. The first kappa shape index (κ1) is 9.94. The molecule has 0 bridgehead atoms. The topological polar surface area (TPSA) is 79.7 Å². The van der Waals surface area contributed by atoms with Crippen molar-refractivity contribution in [3.8, 4) is 5.19 Å². The molecule has 5 nitrogen and oxygen atoms in total. The number of nitrogens with zero attached hydrogens (tertiary/aromatic N) is 1. The van der Waals surface area contributed by atoms with Crippen molar-refractivity contribution in [3.05, 3.63) is 11.1 Å². The molecule has 0 aliphatic heterocycles. The Labute approximate surface area is 78.6 Å². The van der Waals surface area contributed by atoms with Crippen molar-refractivity contribution in [1.82, 2.24) is 4.98 Å². The Morgan fingerprint density at radius 3 is 3.00 bits per heavy atom. The maximum Gasteiger partial charge on any atom is 0.306 e. The second-order valence-corrected chi connectivity index (χ2v) is 3.37. The number of aliphatic hydroxyl groups is 1. The van der Waals surface area contributed by atoms with E-state index in [4.69, 9.17) is 9.84 Å². The van der Waals surface area contributed by atoms with E-state index in [0.29, 0.717) is 10.1 Å². The van der Waals surface area contributed by atoms with Gasteiger partial charge in [-0.3, -0.25) is 4.79 Å². The summed E-state index contributed by atoms with van der Waals surface area (Å²) < 4.78 is 4.80. The Hall–Kier alpha value is -1.14. The van der Waals surface area contributed by atoms with Gasteiger partial charge in [-0.25, -0.2) is 4.98 Å². The van der Waals surface area contributed by atoms with Crippen LogP contribution in [0, 0.1) is 0 Å². The normalized spacial score (nSPS) is 12.5. The number of aromatic nitrogens is 1. The first-order chi connectivity index (χ1) is 6.13. The summed E-state index contributed by atoms with van der Waals surface area (Å²) in [5.41, 5.74) is 0. The molecule has 6 heteroatoms. The standard InChI is InChI=1S/C7H9NO4S/c1-12-7-8-3-5(13-7)4(9)2-6(10)11/h3-4,9H,2H2,1H3,(H,10,11)/t4-/m0/s1. The summed E-state index contributed by atoms with van der Waals surface area (Å²) in [6, 6.07) is 0. The van der Waals surface area contributed by atoms with Crippen LogP contribution >= 0.6 is 11.3 Å². The van der Waals surface area contributed by atoms with Crippen LogP contribution in [0.4, 0.5) is 0 Å². The molecular weight excluding hydrogens is 194 g/mol. The number of methoxy groups -OCH3 is 1. The van der Waals surface area contributed by atoms with E-state index in [9.17, 15) is 9.90 Å². The van der Waals surface area contributed by atoms with Crippen molar-refractivity contribution in [2.45, 2.75) is 12.5 Å². The van der Waals surface area contributed by atoms with Crippen LogP contribution in [0.25, 0.3) is 0 Å². The summed E-state index contributed by atoms with van der Waals surface area (Å²) in [7, 11) is 1.46. The lowest BCUT2D eigenvalue weighted by Crippen LogP contribution is -2.03. The highest BCUT2D eigenvalue weighted by Gasteiger charge is 2.15. The first-order valence-electron chi connectivity index (χ1n) is 3.53. The number of hydrogen-bond donors (Lipinski definition) is 2. The van der Waals surface area contributed by atoms with E-state index in [1.807, 2.05) is 0 Å². The minimum absolute atomic E-state index is 0.314. The molecule has 0 aromatic carbocycles. The molecule has 2 N–H and O–H groups in total. The van der Waals surface area contributed by atoms with Gasteiger partial charge in [0.25, 0.3) is 5.19 Å². The minimum atomic E-state index is -1.04. The van der Waals surface area contributed by atoms with Crippen molar-refractivity contribution >= 4 is 17.3 Å². The number of carboxylic acid groups (broad SMARTS) is 1. The van der Waals surface area contributed by atoms with Crippen molar-refractivity contribution in [2.24, 2.45) is 0 Å². The highest BCUT2D eigenvalue weighted by molar-refractivity contribution is 7.13. The van der Waals surface area contributed by atoms with Gasteiger partial charge in [-0.15, -0.1) is 0 Å². The van der Waals surface area contributed by atoms with Crippen molar-refractivity contribution in [3.63, 3.8) is 0 Å². The zero-order valence-corrected chi connectivity index (χ0v) is 7.74. The van der Waals surface area contributed by atoms with Crippen molar-refractivity contribution < 1.29 is 19.7 Å². The zero-order valence-electron chi connectivity index (χ0n) is 6.93. The van der Waals surface area contributed by atoms with E-state index in [2.05, 4.69) is 4.98 Å². The van der Waals surface area contributed by atoms with Gasteiger partial charge in [-0.1, -0.05) is 11.3 Å². The van der Waals surface area contributed by atoms with Crippen LogP contribution in [-0.4, -0.2) is 28.3 Å². The van der Waals surface area contributed by atoms with E-state index in [1.54, 1.807) is 0 Å². The third-order valence-corrected chi connectivity index (χ3v) is 2.43. The SMILES string of the molecule is COc1ncc([C@@H](O)CC(=O)O)s1. The Morgan fingerprint density at radius 2 is 2.54 bits per heavy atom. The van der Waals surface area contributed by atoms with Crippen LogP contribution in [0.3, 0.4) is 0 Å². The number of ether oxygens (including phenoxy) is 1. The number of aliphatic hydroxyl groups excluding tert-OH is 1. The van der Waals surface area contributed by atoms with Gasteiger partial charge >= 0.3 is 5.97 Å². The predicted octanol–water partition coefficient (Wildman–Crippen LogP) is 0.660. The smallest absolute Gasteiger partial charge is 0.306 e. The monoisotopic (exact) mass is 203 g/mol. The summed E-state index contributed by atoms with van der Waals surface area (Å²) in [4.78, 5) is 14.6. The van der Waals surface area contributed by atoms with Gasteiger partial charge in [0.05, 0.1) is 18.4 Å². The summed E-state index contributed by atoms with van der Waals surface area (Å²) in [6.45, 7) is 0. The fourth-order valence-electron chi connectivity index (χ4n) is 0.784. The molecule has 13 heavy (non-hydrogen) atoms. The fraction of sp³-hybridized carbons (Fsp3) is 0.429. The van der Waals surface area contributed by atoms with Gasteiger partial charge in [0.2, 0.25) is 0 Å². The third kappa shape index (κ3) is 2.67. The lowest BCUT2D eigenvalue weighted by molar-refractivity contribution is -0.139. The van der Waals surface area contributed by atoms with Gasteiger partial charge in [0.1, 0.15) is 6.10 Å². The van der Waals surface area contributed by atoms with E-state index in [-0.39, 0.29) is 6.42 Å². The maximum absolute atomic E-state index is 10.3. The Morgan fingerprint density at radius 1 is 1.85 bits per heavy atom. The molecular formula is C7H9NO4S. The lowest BCUT2D eigenvalue weighted by atomic mass is 10.2. The van der Waals surface area contributed by atoms with Gasteiger partial charge in [-0.05, 0) is 0 Å². The molecule has 1 aromatic rings. The highest BCUT2D eigenvalue weighted by Crippen LogP contribution is 2.27. The molecule has 1 aromatic heterocycles. The average molecular weight is 203 g/mol. The molecule has 0 fully saturated rings. The van der Waals surface area contributed by atoms with Crippen LogP contribution in [0.2, 0.25) is 0 Å². The summed E-state index contributed by atoms with van der Waals surface area (Å²) >= 11 is 1.14. The number of rotatable bonds is 4. The molecule has 0 spiro atoms. The molecule has 0 aliphatic rings. The molecule has 0 radical (unpaired) electrons. The summed E-state index contributed by atoms with van der Waals surface area (Å²) in [6.07, 6.45) is 0.0986. The second-order valence-electron chi connectivity index (χ2n) is 2.35. The van der Waals surface area contributed by atoms with Crippen LogP contribution in [0.15, 0.2) is 6.20 Å². The molecule has 0 amide bonds. The van der Waals surface area contributed by atoms with E-state index >= 15 is 0 Å². The largest absolute Gasteiger partial charge is 0.481 e. The zero-order chi connectivity index (χ0) is 9.84. The molecule has 1 atom stereocenters. The molecule has 0 saturated carbocycles. The summed E-state index contributed by atoms with van der Waals surface area (Å²) in [5, 5.41) is 18.2. The van der Waals surface area contributed by atoms with Crippen LogP contribution in [-0.2, 0) is 4.79 Å². The number of carbonyl (C=O) groups is 1. The van der Waals surface area contributed by atoms with E-state index in [1.165, 1.54) is 13.3 Å². The first-order valence-corrected chi connectivity index (χ1v) is 4.34. The number of thiazole rings is 1. The highest BCUT2D eigenvalue weighted by atomic mass is 32.1.